The van der Waals surface area contributed by atoms with Crippen LogP contribution in [0.4, 0.5) is 0 Å². The molecule has 0 saturated heterocycles. The Balaban J connectivity index is 1.98. The van der Waals surface area contributed by atoms with Crippen LogP contribution in [0.15, 0.2) is 72.8 Å². The molecule has 0 amide bonds. The molecule has 0 heterocycles. The summed E-state index contributed by atoms with van der Waals surface area (Å²) in [5, 5.41) is 2.58. The molecule has 1 heteroatoms. The lowest BCUT2D eigenvalue weighted by atomic mass is 9.84. The average molecular weight is 289 g/mol. The smallest absolute Gasteiger partial charge is 0.0364 e. The lowest BCUT2D eigenvalue weighted by Gasteiger charge is -2.25. The summed E-state index contributed by atoms with van der Waals surface area (Å²) in [6.07, 6.45) is 2.24. The highest BCUT2D eigenvalue weighted by Crippen LogP contribution is 2.34. The molecule has 0 aliphatic rings. The lowest BCUT2D eigenvalue weighted by molar-refractivity contribution is 0.512. The second kappa shape index (κ2) is 6.76. The summed E-state index contributed by atoms with van der Waals surface area (Å²) in [6, 6.07) is 25.8. The highest BCUT2D eigenvalue weighted by Gasteiger charge is 2.20. The van der Waals surface area contributed by atoms with Crippen molar-refractivity contribution in [3.63, 3.8) is 0 Å². The van der Waals surface area contributed by atoms with Crippen molar-refractivity contribution in [2.75, 3.05) is 0 Å². The Morgan fingerprint density at radius 2 is 1.45 bits per heavy atom. The second-order valence-corrected chi connectivity index (χ2v) is 5.94. The van der Waals surface area contributed by atoms with E-state index in [4.69, 9.17) is 5.73 Å². The average Bonchev–Trinajstić information content (AvgIpc) is 2.59. The van der Waals surface area contributed by atoms with Crippen molar-refractivity contribution >= 4 is 10.8 Å². The van der Waals surface area contributed by atoms with Crippen molar-refractivity contribution in [1.82, 2.24) is 0 Å². The Labute approximate surface area is 132 Å². The molecule has 3 rings (SSSR count). The quantitative estimate of drug-likeness (QED) is 0.666. The third-order valence-corrected chi connectivity index (χ3v) is 4.42. The molecular weight excluding hydrogens is 266 g/mol. The van der Waals surface area contributed by atoms with Crippen LogP contribution in [0.1, 0.15) is 42.9 Å². The van der Waals surface area contributed by atoms with Crippen LogP contribution in [-0.2, 0) is 0 Å². The summed E-state index contributed by atoms with van der Waals surface area (Å²) in [5.74, 6) is 0.358. The zero-order chi connectivity index (χ0) is 15.4. The molecule has 3 aromatic carbocycles. The van der Waals surface area contributed by atoms with Crippen molar-refractivity contribution in [2.24, 2.45) is 5.73 Å². The van der Waals surface area contributed by atoms with E-state index in [-0.39, 0.29) is 6.04 Å². The molecule has 2 N–H and O–H groups in total. The van der Waals surface area contributed by atoms with Gasteiger partial charge in [-0.1, -0.05) is 86.1 Å². The van der Waals surface area contributed by atoms with E-state index in [0.29, 0.717) is 5.92 Å². The Morgan fingerprint density at radius 1 is 0.773 bits per heavy atom. The van der Waals surface area contributed by atoms with Gasteiger partial charge in [0.2, 0.25) is 0 Å². The Morgan fingerprint density at radius 3 is 2.18 bits per heavy atom. The molecule has 0 unspecified atom stereocenters. The van der Waals surface area contributed by atoms with Crippen LogP contribution in [0.5, 0.6) is 0 Å². The van der Waals surface area contributed by atoms with Crippen molar-refractivity contribution in [3.05, 3.63) is 83.9 Å². The molecule has 0 fully saturated rings. The fourth-order valence-electron chi connectivity index (χ4n) is 3.21. The fourth-order valence-corrected chi connectivity index (χ4v) is 3.21. The Kier molecular flexibility index (Phi) is 4.55. The monoisotopic (exact) mass is 289 g/mol. The number of nitrogens with two attached hydrogens (primary N) is 1. The van der Waals surface area contributed by atoms with Crippen LogP contribution in [0, 0.1) is 0 Å². The first-order chi connectivity index (χ1) is 10.8. The maximum Gasteiger partial charge on any atom is 0.0364 e. The minimum atomic E-state index is 0.0438. The normalized spacial score (nSPS) is 13.9. The predicted molar refractivity (Wildman–Crippen MR) is 95.0 cm³/mol. The lowest BCUT2D eigenvalue weighted by Crippen LogP contribution is -2.20. The highest BCUT2D eigenvalue weighted by atomic mass is 14.7. The Hall–Kier alpha value is -2.12. The third kappa shape index (κ3) is 3.05. The van der Waals surface area contributed by atoms with E-state index >= 15 is 0 Å². The first-order valence-corrected chi connectivity index (χ1v) is 8.09. The van der Waals surface area contributed by atoms with Gasteiger partial charge in [0, 0.05) is 12.0 Å². The predicted octanol–water partition coefficient (Wildman–Crippen LogP) is 5.42. The summed E-state index contributed by atoms with van der Waals surface area (Å²) >= 11 is 0. The molecule has 0 radical (unpaired) electrons. The van der Waals surface area contributed by atoms with E-state index < -0.39 is 0 Å². The van der Waals surface area contributed by atoms with Gasteiger partial charge in [-0.25, -0.2) is 0 Å². The molecule has 0 aliphatic heterocycles. The van der Waals surface area contributed by atoms with Gasteiger partial charge in [-0.15, -0.1) is 0 Å². The first-order valence-electron chi connectivity index (χ1n) is 8.09. The van der Waals surface area contributed by atoms with Crippen molar-refractivity contribution < 1.29 is 0 Å². The molecule has 2 atom stereocenters. The highest BCUT2D eigenvalue weighted by molar-refractivity contribution is 5.83. The molecule has 0 spiro atoms. The van der Waals surface area contributed by atoms with E-state index in [0.717, 1.165) is 12.8 Å². The molecule has 22 heavy (non-hydrogen) atoms. The van der Waals surface area contributed by atoms with Crippen LogP contribution in [0.3, 0.4) is 0 Å². The molecule has 1 nitrogen and oxygen atoms in total. The standard InChI is InChI=1S/C21H23N/c1-2-8-20(21(22)17-10-4-3-5-11-17)19-14-13-16-9-6-7-12-18(16)15-19/h3-7,9-15,20-21H,2,8,22H2,1H3/t20-,21-/m1/s1. The van der Waals surface area contributed by atoms with E-state index in [9.17, 15) is 0 Å². The maximum absolute atomic E-state index is 6.60. The summed E-state index contributed by atoms with van der Waals surface area (Å²) in [7, 11) is 0. The van der Waals surface area contributed by atoms with Gasteiger partial charge in [-0.3, -0.25) is 0 Å². The number of fused-ring (bicyclic) bond motifs is 1. The van der Waals surface area contributed by atoms with Crippen LogP contribution in [0.25, 0.3) is 10.8 Å². The van der Waals surface area contributed by atoms with Gasteiger partial charge < -0.3 is 5.73 Å². The third-order valence-electron chi connectivity index (χ3n) is 4.42. The first kappa shape index (κ1) is 14.8. The summed E-state index contributed by atoms with van der Waals surface area (Å²) in [4.78, 5) is 0. The van der Waals surface area contributed by atoms with Crippen molar-refractivity contribution in [3.8, 4) is 0 Å². The molecule has 3 aromatic rings. The van der Waals surface area contributed by atoms with Crippen LogP contribution in [0.2, 0.25) is 0 Å². The van der Waals surface area contributed by atoms with Gasteiger partial charge in [-0.05, 0) is 28.3 Å². The van der Waals surface area contributed by atoms with Gasteiger partial charge in [0.15, 0.2) is 0 Å². The number of benzene rings is 3. The van der Waals surface area contributed by atoms with Crippen molar-refractivity contribution in [2.45, 2.75) is 31.7 Å². The fraction of sp³-hybridized carbons (Fsp3) is 0.238. The number of hydrogen-bond donors (Lipinski definition) is 1. The second-order valence-electron chi connectivity index (χ2n) is 5.94. The van der Waals surface area contributed by atoms with Crippen LogP contribution in [-0.4, -0.2) is 0 Å². The van der Waals surface area contributed by atoms with Crippen molar-refractivity contribution in [1.29, 1.82) is 0 Å². The molecule has 0 saturated carbocycles. The molecule has 0 bridgehead atoms. The molecule has 0 aliphatic carbocycles. The summed E-state index contributed by atoms with van der Waals surface area (Å²) in [6.45, 7) is 2.23. The largest absolute Gasteiger partial charge is 0.323 e. The summed E-state index contributed by atoms with van der Waals surface area (Å²) < 4.78 is 0. The molecule has 0 aromatic heterocycles. The summed E-state index contributed by atoms with van der Waals surface area (Å²) in [5.41, 5.74) is 9.16. The topological polar surface area (TPSA) is 26.0 Å². The zero-order valence-electron chi connectivity index (χ0n) is 13.1. The minimum Gasteiger partial charge on any atom is -0.323 e. The van der Waals surface area contributed by atoms with Gasteiger partial charge in [0.05, 0.1) is 0 Å². The van der Waals surface area contributed by atoms with E-state index in [2.05, 4.69) is 73.7 Å². The van der Waals surface area contributed by atoms with E-state index in [1.165, 1.54) is 21.9 Å². The van der Waals surface area contributed by atoms with Crippen LogP contribution >= 0.6 is 0 Å². The van der Waals surface area contributed by atoms with E-state index in [1.54, 1.807) is 0 Å². The van der Waals surface area contributed by atoms with Crippen LogP contribution < -0.4 is 5.73 Å². The van der Waals surface area contributed by atoms with Gasteiger partial charge >= 0.3 is 0 Å². The number of hydrogen-bond acceptors (Lipinski definition) is 1. The van der Waals surface area contributed by atoms with Gasteiger partial charge in [0.25, 0.3) is 0 Å². The Bertz CT molecular complexity index is 733. The van der Waals surface area contributed by atoms with Gasteiger partial charge in [0.1, 0.15) is 0 Å². The molecule has 112 valence electrons. The minimum absolute atomic E-state index is 0.0438. The molecular formula is C21H23N. The maximum atomic E-state index is 6.60. The SMILES string of the molecule is CCC[C@H](c1ccc2ccccc2c1)[C@H](N)c1ccccc1. The number of rotatable bonds is 5. The van der Waals surface area contributed by atoms with E-state index in [1.807, 2.05) is 6.07 Å². The van der Waals surface area contributed by atoms with Gasteiger partial charge in [-0.2, -0.15) is 0 Å². The zero-order valence-corrected chi connectivity index (χ0v) is 13.1.